The third kappa shape index (κ3) is 5.28. The predicted octanol–water partition coefficient (Wildman–Crippen LogP) is 0.612. The van der Waals surface area contributed by atoms with Gasteiger partial charge in [-0.2, -0.15) is 0 Å². The average Bonchev–Trinajstić information content (AvgIpc) is 2.25. The largest absolute Gasteiger partial charge is 0.465 e. The van der Waals surface area contributed by atoms with Crippen LogP contribution in [-0.4, -0.2) is 32.0 Å². The van der Waals surface area contributed by atoms with E-state index < -0.39 is 0 Å². The normalized spacial score (nSPS) is 18.2. The van der Waals surface area contributed by atoms with Gasteiger partial charge < -0.3 is 10.1 Å². The van der Waals surface area contributed by atoms with E-state index >= 15 is 0 Å². The molecule has 1 aliphatic heterocycles. The zero-order valence-electron chi connectivity index (χ0n) is 8.44. The molecule has 1 unspecified atom stereocenters. The van der Waals surface area contributed by atoms with Crippen LogP contribution in [0.1, 0.15) is 12.8 Å². The smallest absolute Gasteiger partial charge is 0.312 e. The molecule has 15 heavy (non-hydrogen) atoms. The van der Waals surface area contributed by atoms with Gasteiger partial charge in [-0.3, -0.25) is 9.79 Å². The minimum Gasteiger partial charge on any atom is -0.465 e. The van der Waals surface area contributed by atoms with Crippen LogP contribution in [0.25, 0.3) is 0 Å². The number of hydrogen-bond acceptors (Lipinski definition) is 4. The Balaban J connectivity index is 0.00000196. The summed E-state index contributed by atoms with van der Waals surface area (Å²) in [6, 6.07) is 0. The summed E-state index contributed by atoms with van der Waals surface area (Å²) in [5.41, 5.74) is 0. The molecule has 0 fully saturated rings. The Morgan fingerprint density at radius 2 is 2.53 bits per heavy atom. The molecule has 1 rings (SSSR count). The molecule has 1 N–H and O–H groups in total. The van der Waals surface area contributed by atoms with Gasteiger partial charge in [-0.1, -0.05) is 0 Å². The molecule has 1 heterocycles. The quantitative estimate of drug-likeness (QED) is 0.438. The average molecular weight is 231 g/mol. The van der Waals surface area contributed by atoms with Crippen LogP contribution in [-0.2, 0) is 9.53 Å². The van der Waals surface area contributed by atoms with E-state index in [2.05, 4.69) is 16.2 Å². The molecule has 0 aliphatic carbocycles. The molecule has 0 bridgehead atoms. The molecule has 0 spiro atoms. The number of carbonyl (C=O) groups excluding carboxylic acids is 1. The fraction of sp³-hybridized carbons (Fsp3) is 0.600. The number of ether oxygens (including phenoxy) is 1. The zero-order chi connectivity index (χ0) is 10.2. The highest BCUT2D eigenvalue weighted by Gasteiger charge is 2.20. The van der Waals surface area contributed by atoms with E-state index in [1.165, 1.54) is 0 Å². The van der Waals surface area contributed by atoms with Crippen molar-refractivity contribution in [3.05, 3.63) is 0 Å². The second-order valence-electron chi connectivity index (χ2n) is 3.07. The Kier molecular flexibility index (Phi) is 7.47. The summed E-state index contributed by atoms with van der Waals surface area (Å²) in [5.74, 6) is 2.16. The maximum atomic E-state index is 11.4. The van der Waals surface area contributed by atoms with Crippen molar-refractivity contribution in [1.82, 2.24) is 5.32 Å². The summed E-state index contributed by atoms with van der Waals surface area (Å²) in [6.07, 6.45) is 8.06. The van der Waals surface area contributed by atoms with Crippen molar-refractivity contribution >= 4 is 24.7 Å². The van der Waals surface area contributed by atoms with Crippen LogP contribution in [0.15, 0.2) is 4.99 Å². The van der Waals surface area contributed by atoms with Crippen molar-refractivity contribution in [3.8, 4) is 12.3 Å². The van der Waals surface area contributed by atoms with Gasteiger partial charge >= 0.3 is 5.97 Å². The third-order valence-electron chi connectivity index (χ3n) is 1.92. The van der Waals surface area contributed by atoms with Gasteiger partial charge in [0.2, 0.25) is 0 Å². The highest BCUT2D eigenvalue weighted by Crippen LogP contribution is 2.03. The fourth-order valence-corrected chi connectivity index (χ4v) is 1.13. The lowest BCUT2D eigenvalue weighted by molar-refractivity contribution is -0.148. The van der Waals surface area contributed by atoms with Crippen LogP contribution in [0.5, 0.6) is 0 Å². The monoisotopic (exact) mass is 230 g/mol. The van der Waals surface area contributed by atoms with E-state index in [0.717, 1.165) is 6.42 Å². The number of terminal acetylenes is 1. The molecule has 4 nitrogen and oxygen atoms in total. The van der Waals surface area contributed by atoms with Gasteiger partial charge in [-0.25, -0.2) is 0 Å². The fourth-order valence-electron chi connectivity index (χ4n) is 1.13. The first-order valence-corrected chi connectivity index (χ1v) is 4.66. The van der Waals surface area contributed by atoms with Crippen LogP contribution >= 0.6 is 12.4 Å². The predicted molar refractivity (Wildman–Crippen MR) is 61.1 cm³/mol. The minimum atomic E-state index is -0.189. The standard InChI is InChI=1S/C10H14N2O2.ClH/c1-2-3-4-5-14-10(13)9-6-11-8-12-7-9;/h1,8-9H,3-7H2,(H,11,12);1H. The maximum Gasteiger partial charge on any atom is 0.312 e. The molecule has 0 amide bonds. The number of hydrogen-bond donors (Lipinski definition) is 1. The molecule has 0 aromatic heterocycles. The lowest BCUT2D eigenvalue weighted by Crippen LogP contribution is -2.35. The summed E-state index contributed by atoms with van der Waals surface area (Å²) in [6.45, 7) is 1.53. The summed E-state index contributed by atoms with van der Waals surface area (Å²) in [5, 5.41) is 2.89. The Morgan fingerprint density at radius 1 is 1.73 bits per heavy atom. The number of nitrogens with zero attached hydrogens (tertiary/aromatic N) is 1. The first-order chi connectivity index (χ1) is 6.84. The van der Waals surface area contributed by atoms with Crippen LogP contribution < -0.4 is 5.32 Å². The molecule has 5 heteroatoms. The number of rotatable bonds is 4. The molecule has 0 aromatic rings. The van der Waals surface area contributed by atoms with E-state index in [4.69, 9.17) is 11.2 Å². The van der Waals surface area contributed by atoms with Gasteiger partial charge in [0, 0.05) is 13.0 Å². The summed E-state index contributed by atoms with van der Waals surface area (Å²) >= 11 is 0. The molecule has 1 aliphatic rings. The van der Waals surface area contributed by atoms with Crippen molar-refractivity contribution in [2.75, 3.05) is 19.7 Å². The molecule has 0 radical (unpaired) electrons. The second-order valence-corrected chi connectivity index (χ2v) is 3.07. The van der Waals surface area contributed by atoms with E-state index in [1.54, 1.807) is 6.34 Å². The number of carbonyl (C=O) groups is 1. The molecule has 0 saturated carbocycles. The van der Waals surface area contributed by atoms with E-state index in [1.807, 2.05) is 0 Å². The van der Waals surface area contributed by atoms with Gasteiger partial charge in [0.1, 0.15) is 0 Å². The maximum absolute atomic E-state index is 11.4. The van der Waals surface area contributed by atoms with Gasteiger partial charge in [0.15, 0.2) is 0 Å². The first kappa shape index (κ1) is 13.8. The van der Waals surface area contributed by atoms with Crippen molar-refractivity contribution in [2.45, 2.75) is 12.8 Å². The van der Waals surface area contributed by atoms with Crippen LogP contribution in [0.3, 0.4) is 0 Å². The summed E-state index contributed by atoms with van der Waals surface area (Å²) < 4.78 is 5.04. The molecular weight excluding hydrogens is 216 g/mol. The highest BCUT2D eigenvalue weighted by molar-refractivity contribution is 5.85. The molecular formula is C10H15ClN2O2. The second kappa shape index (κ2) is 8.13. The number of esters is 1. The Bertz CT molecular complexity index is 261. The number of aliphatic imine (C=N–C) groups is 1. The third-order valence-corrected chi connectivity index (χ3v) is 1.92. The highest BCUT2D eigenvalue weighted by atomic mass is 35.5. The van der Waals surface area contributed by atoms with Gasteiger partial charge in [-0.05, 0) is 6.42 Å². The molecule has 0 saturated heterocycles. The first-order valence-electron chi connectivity index (χ1n) is 4.66. The van der Waals surface area contributed by atoms with Crippen molar-refractivity contribution in [2.24, 2.45) is 10.9 Å². The zero-order valence-corrected chi connectivity index (χ0v) is 9.26. The SMILES string of the molecule is C#CCCCOC(=O)C1CN=CNC1.Cl. The van der Waals surface area contributed by atoms with Crippen molar-refractivity contribution in [1.29, 1.82) is 0 Å². The van der Waals surface area contributed by atoms with Crippen LogP contribution in [0.2, 0.25) is 0 Å². The Hall–Kier alpha value is -1.21. The lowest BCUT2D eigenvalue weighted by Gasteiger charge is -2.16. The van der Waals surface area contributed by atoms with Gasteiger partial charge in [0.05, 0.1) is 25.4 Å². The number of halogens is 1. The summed E-state index contributed by atoms with van der Waals surface area (Å²) in [4.78, 5) is 15.3. The van der Waals surface area contributed by atoms with Gasteiger partial charge in [-0.15, -0.1) is 24.8 Å². The van der Waals surface area contributed by atoms with E-state index in [0.29, 0.717) is 26.1 Å². The molecule has 0 aromatic carbocycles. The van der Waals surface area contributed by atoms with Crippen molar-refractivity contribution < 1.29 is 9.53 Å². The Morgan fingerprint density at radius 3 is 3.13 bits per heavy atom. The van der Waals surface area contributed by atoms with Gasteiger partial charge in [0.25, 0.3) is 0 Å². The molecule has 84 valence electrons. The lowest BCUT2D eigenvalue weighted by atomic mass is 10.1. The number of unbranched alkanes of at least 4 members (excludes halogenated alkanes) is 1. The van der Waals surface area contributed by atoms with Crippen LogP contribution in [0, 0.1) is 18.3 Å². The van der Waals surface area contributed by atoms with Crippen LogP contribution in [0.4, 0.5) is 0 Å². The van der Waals surface area contributed by atoms with Crippen molar-refractivity contribution in [3.63, 3.8) is 0 Å². The summed E-state index contributed by atoms with van der Waals surface area (Å²) in [7, 11) is 0. The van der Waals surface area contributed by atoms with E-state index in [-0.39, 0.29) is 24.3 Å². The minimum absolute atomic E-state index is 0. The Labute approximate surface area is 95.9 Å². The topological polar surface area (TPSA) is 50.7 Å². The number of nitrogens with one attached hydrogen (secondary N) is 1. The molecule has 1 atom stereocenters. The van der Waals surface area contributed by atoms with E-state index in [9.17, 15) is 4.79 Å².